The number of hydrogen-bond donors (Lipinski definition) is 1. The highest BCUT2D eigenvalue weighted by Gasteiger charge is 2.26. The molecule has 0 saturated carbocycles. The fourth-order valence-electron chi connectivity index (χ4n) is 2.12. The smallest absolute Gasteiger partial charge is 0.289 e. The largest absolute Gasteiger partial charge is 0.459 e. The molecule has 1 unspecified atom stereocenters. The van der Waals surface area contributed by atoms with Crippen molar-refractivity contribution in [2.75, 3.05) is 26.2 Å². The van der Waals surface area contributed by atoms with Gasteiger partial charge in [0.05, 0.1) is 6.26 Å². The van der Waals surface area contributed by atoms with Crippen molar-refractivity contribution in [2.24, 2.45) is 5.73 Å². The Morgan fingerprint density at radius 2 is 1.95 bits per heavy atom. The molecule has 0 bridgehead atoms. The molecule has 19 heavy (non-hydrogen) atoms. The molecule has 0 spiro atoms. The molecule has 2 N–H and O–H groups in total. The zero-order valence-electron chi connectivity index (χ0n) is 11.0. The number of piperazine rings is 1. The first-order valence-corrected chi connectivity index (χ1v) is 6.44. The Labute approximate surface area is 112 Å². The van der Waals surface area contributed by atoms with E-state index in [9.17, 15) is 9.59 Å². The molecule has 6 heteroatoms. The Hall–Kier alpha value is -1.82. The van der Waals surface area contributed by atoms with Crippen LogP contribution < -0.4 is 5.73 Å². The molecule has 1 aromatic rings. The van der Waals surface area contributed by atoms with Gasteiger partial charge in [0, 0.05) is 38.6 Å². The van der Waals surface area contributed by atoms with Crippen molar-refractivity contribution in [1.82, 2.24) is 9.80 Å². The van der Waals surface area contributed by atoms with Crippen molar-refractivity contribution >= 4 is 11.8 Å². The van der Waals surface area contributed by atoms with Crippen molar-refractivity contribution in [1.29, 1.82) is 0 Å². The van der Waals surface area contributed by atoms with Crippen LogP contribution in [0.25, 0.3) is 0 Å². The summed E-state index contributed by atoms with van der Waals surface area (Å²) < 4.78 is 5.09. The summed E-state index contributed by atoms with van der Waals surface area (Å²) >= 11 is 0. The molecular weight excluding hydrogens is 246 g/mol. The molecule has 1 atom stereocenters. The summed E-state index contributed by atoms with van der Waals surface area (Å²) in [6.07, 6.45) is 1.84. The average Bonchev–Trinajstić information content (AvgIpc) is 2.91. The van der Waals surface area contributed by atoms with E-state index in [1.807, 2.05) is 6.92 Å². The van der Waals surface area contributed by atoms with E-state index in [0.717, 1.165) is 0 Å². The minimum Gasteiger partial charge on any atom is -0.459 e. The van der Waals surface area contributed by atoms with E-state index < -0.39 is 0 Å². The third-order valence-electron chi connectivity index (χ3n) is 3.15. The van der Waals surface area contributed by atoms with Crippen molar-refractivity contribution in [3.63, 3.8) is 0 Å². The van der Waals surface area contributed by atoms with Crippen LogP contribution in [0.1, 0.15) is 23.9 Å². The van der Waals surface area contributed by atoms with Gasteiger partial charge >= 0.3 is 0 Å². The molecule has 6 nitrogen and oxygen atoms in total. The van der Waals surface area contributed by atoms with Gasteiger partial charge in [0.25, 0.3) is 5.91 Å². The first-order chi connectivity index (χ1) is 9.08. The Morgan fingerprint density at radius 3 is 2.47 bits per heavy atom. The van der Waals surface area contributed by atoms with Gasteiger partial charge in [-0.2, -0.15) is 0 Å². The second-order valence-corrected chi connectivity index (χ2v) is 4.83. The van der Waals surface area contributed by atoms with E-state index in [1.54, 1.807) is 21.9 Å². The Morgan fingerprint density at radius 1 is 1.32 bits per heavy atom. The maximum absolute atomic E-state index is 12.0. The van der Waals surface area contributed by atoms with Crippen LogP contribution in [0.4, 0.5) is 0 Å². The summed E-state index contributed by atoms with van der Waals surface area (Å²) in [4.78, 5) is 27.3. The van der Waals surface area contributed by atoms with E-state index in [1.165, 1.54) is 6.26 Å². The molecule has 0 radical (unpaired) electrons. The van der Waals surface area contributed by atoms with Crippen molar-refractivity contribution in [2.45, 2.75) is 19.4 Å². The molecule has 1 saturated heterocycles. The van der Waals surface area contributed by atoms with Crippen LogP contribution in [-0.4, -0.2) is 53.8 Å². The Balaban J connectivity index is 1.86. The number of nitrogens with two attached hydrogens (primary N) is 1. The number of carbonyl (C=O) groups is 2. The fourth-order valence-corrected chi connectivity index (χ4v) is 2.12. The summed E-state index contributed by atoms with van der Waals surface area (Å²) in [5, 5.41) is 0. The lowest BCUT2D eigenvalue weighted by atomic mass is 10.2. The predicted octanol–water partition coefficient (Wildman–Crippen LogP) is 0.301. The SMILES string of the molecule is CC(N)CC(=O)N1CCN(C(=O)c2ccco2)CC1. The standard InChI is InChI=1S/C13H19N3O3/c1-10(14)9-12(17)15-4-6-16(7-5-15)13(18)11-3-2-8-19-11/h2-3,8,10H,4-7,9,14H2,1H3. The predicted molar refractivity (Wildman–Crippen MR) is 69.5 cm³/mol. The van der Waals surface area contributed by atoms with E-state index in [4.69, 9.17) is 10.2 Å². The van der Waals surface area contributed by atoms with Gasteiger partial charge in [-0.05, 0) is 19.1 Å². The zero-order chi connectivity index (χ0) is 13.8. The molecule has 1 aromatic heterocycles. The zero-order valence-corrected chi connectivity index (χ0v) is 11.0. The molecule has 2 rings (SSSR count). The number of furan rings is 1. The summed E-state index contributed by atoms with van der Waals surface area (Å²) in [5.41, 5.74) is 5.62. The van der Waals surface area contributed by atoms with E-state index in [2.05, 4.69) is 0 Å². The highest BCUT2D eigenvalue weighted by Crippen LogP contribution is 2.10. The molecule has 1 aliphatic heterocycles. The van der Waals surface area contributed by atoms with E-state index in [0.29, 0.717) is 38.4 Å². The van der Waals surface area contributed by atoms with Crippen LogP contribution >= 0.6 is 0 Å². The van der Waals surface area contributed by atoms with Crippen LogP contribution in [0.3, 0.4) is 0 Å². The lowest BCUT2D eigenvalue weighted by Crippen LogP contribution is -2.51. The Bertz CT molecular complexity index is 434. The molecule has 0 aliphatic carbocycles. The van der Waals surface area contributed by atoms with Crippen LogP contribution in [0.5, 0.6) is 0 Å². The third kappa shape index (κ3) is 3.35. The maximum atomic E-state index is 12.0. The van der Waals surface area contributed by atoms with E-state index in [-0.39, 0.29) is 17.9 Å². The van der Waals surface area contributed by atoms with Gasteiger partial charge in [-0.1, -0.05) is 0 Å². The highest BCUT2D eigenvalue weighted by atomic mass is 16.3. The monoisotopic (exact) mass is 265 g/mol. The second kappa shape index (κ2) is 5.88. The number of hydrogen-bond acceptors (Lipinski definition) is 4. The quantitative estimate of drug-likeness (QED) is 0.852. The molecule has 2 heterocycles. The van der Waals surface area contributed by atoms with Gasteiger partial charge in [-0.15, -0.1) is 0 Å². The van der Waals surface area contributed by atoms with Crippen LogP contribution in [0.15, 0.2) is 22.8 Å². The van der Waals surface area contributed by atoms with Crippen molar-refractivity contribution in [3.8, 4) is 0 Å². The van der Waals surface area contributed by atoms with E-state index >= 15 is 0 Å². The third-order valence-corrected chi connectivity index (χ3v) is 3.15. The van der Waals surface area contributed by atoms with Crippen molar-refractivity contribution in [3.05, 3.63) is 24.2 Å². The number of carbonyl (C=O) groups excluding carboxylic acids is 2. The van der Waals surface area contributed by atoms with Gasteiger partial charge in [-0.3, -0.25) is 9.59 Å². The highest BCUT2D eigenvalue weighted by molar-refractivity contribution is 5.91. The minimum atomic E-state index is -0.129. The number of nitrogens with zero attached hydrogens (tertiary/aromatic N) is 2. The molecule has 0 aromatic carbocycles. The lowest BCUT2D eigenvalue weighted by Gasteiger charge is -2.34. The molecule has 2 amide bonds. The second-order valence-electron chi connectivity index (χ2n) is 4.83. The summed E-state index contributed by atoms with van der Waals surface area (Å²) in [6.45, 7) is 3.99. The molecule has 104 valence electrons. The maximum Gasteiger partial charge on any atom is 0.289 e. The Kier molecular flexibility index (Phi) is 4.21. The number of amides is 2. The minimum absolute atomic E-state index is 0.0556. The van der Waals surface area contributed by atoms with Crippen LogP contribution in [-0.2, 0) is 4.79 Å². The lowest BCUT2D eigenvalue weighted by molar-refractivity contribution is -0.132. The normalized spacial score (nSPS) is 17.4. The van der Waals surface area contributed by atoms with Crippen LogP contribution in [0, 0.1) is 0 Å². The molecule has 1 fully saturated rings. The summed E-state index contributed by atoms with van der Waals surface area (Å²) in [6, 6.07) is 3.21. The fraction of sp³-hybridized carbons (Fsp3) is 0.538. The van der Waals surface area contributed by atoms with Gasteiger partial charge in [-0.25, -0.2) is 0 Å². The first-order valence-electron chi connectivity index (χ1n) is 6.44. The topological polar surface area (TPSA) is 79.8 Å². The summed E-state index contributed by atoms with van der Waals surface area (Å²) in [5.74, 6) is 0.278. The first kappa shape index (κ1) is 13.6. The van der Waals surface area contributed by atoms with Crippen LogP contribution in [0.2, 0.25) is 0 Å². The summed E-state index contributed by atoms with van der Waals surface area (Å²) in [7, 11) is 0. The number of rotatable bonds is 3. The molecular formula is C13H19N3O3. The van der Waals surface area contributed by atoms with Crippen molar-refractivity contribution < 1.29 is 14.0 Å². The van der Waals surface area contributed by atoms with Gasteiger partial charge in [0.2, 0.25) is 5.91 Å². The van der Waals surface area contributed by atoms with Gasteiger partial charge in [0.1, 0.15) is 0 Å². The molecule has 1 aliphatic rings. The average molecular weight is 265 g/mol. The van der Waals surface area contributed by atoms with Gasteiger partial charge < -0.3 is 20.0 Å². The van der Waals surface area contributed by atoms with Gasteiger partial charge in [0.15, 0.2) is 5.76 Å².